The fourth-order valence-corrected chi connectivity index (χ4v) is 7.19. The van der Waals surface area contributed by atoms with Gasteiger partial charge in [-0.2, -0.15) is 0 Å². The van der Waals surface area contributed by atoms with Crippen LogP contribution in [0.5, 0.6) is 0 Å². The van der Waals surface area contributed by atoms with Crippen LogP contribution in [0, 0.1) is 0 Å². The summed E-state index contributed by atoms with van der Waals surface area (Å²) in [5.74, 6) is -0.924. The van der Waals surface area contributed by atoms with E-state index in [1.165, 1.54) is 122 Å². The third kappa shape index (κ3) is 40.7. The molecule has 0 heterocycles. The number of aliphatic hydroxyl groups excluding tert-OH is 2. The monoisotopic (exact) mass is 805 g/mol. The highest BCUT2D eigenvalue weighted by Crippen LogP contribution is 2.43. The number of carbonyl (C=O) groups excluding carboxylic acids is 2. The molecule has 10 nitrogen and oxygen atoms in total. The fraction of sp³-hybridized carbons (Fsp3) is 0.909. The predicted octanol–water partition coefficient (Wildman–Crippen LogP) is 12.0. The highest BCUT2D eigenvalue weighted by molar-refractivity contribution is 7.47. The number of carbonyl (C=O) groups is 2. The van der Waals surface area contributed by atoms with Crippen LogP contribution >= 0.6 is 7.82 Å². The molecule has 0 saturated carbocycles. The zero-order valence-corrected chi connectivity index (χ0v) is 36.3. The molecule has 0 fully saturated rings. The third-order valence-electron chi connectivity index (χ3n) is 9.92. The number of allylic oxidation sites excluding steroid dienone is 2. The quantitative estimate of drug-likeness (QED) is 0.0235. The summed E-state index contributed by atoms with van der Waals surface area (Å²) in [6.45, 7) is 2.38. The number of rotatable bonds is 43. The Kier molecular flexibility index (Phi) is 39.9. The van der Waals surface area contributed by atoms with Crippen molar-refractivity contribution in [3.63, 3.8) is 0 Å². The minimum atomic E-state index is -4.61. The van der Waals surface area contributed by atoms with Crippen LogP contribution in [0.2, 0.25) is 0 Å². The first-order chi connectivity index (χ1) is 26.7. The number of phosphoric ester groups is 1. The van der Waals surface area contributed by atoms with E-state index in [1.54, 1.807) is 0 Å². The summed E-state index contributed by atoms with van der Waals surface area (Å²) in [4.78, 5) is 35.0. The summed E-state index contributed by atoms with van der Waals surface area (Å²) >= 11 is 0. The molecule has 0 amide bonds. The van der Waals surface area contributed by atoms with E-state index in [0.717, 1.165) is 57.8 Å². The molecule has 3 atom stereocenters. The molecule has 0 aromatic rings. The van der Waals surface area contributed by atoms with Crippen LogP contribution in [0.4, 0.5) is 0 Å². The van der Waals surface area contributed by atoms with Crippen molar-refractivity contribution >= 4 is 19.8 Å². The lowest BCUT2D eigenvalue weighted by atomic mass is 10.0. The SMILES string of the molecule is CCCCC/C=C/CCCCCCCC(=O)OC[C@H](COP(=O)(O)OC[C@@H](O)CO)OC(=O)CCCCCCCCCCCCCCCCCCCCCC. The van der Waals surface area contributed by atoms with Gasteiger partial charge in [-0.25, -0.2) is 4.57 Å². The molecule has 0 aliphatic heterocycles. The van der Waals surface area contributed by atoms with Crippen molar-refractivity contribution in [1.29, 1.82) is 0 Å². The van der Waals surface area contributed by atoms with Crippen molar-refractivity contribution in [1.82, 2.24) is 0 Å². The Morgan fingerprint density at radius 1 is 0.527 bits per heavy atom. The molecule has 0 rings (SSSR count). The lowest BCUT2D eigenvalue weighted by Crippen LogP contribution is -2.29. The van der Waals surface area contributed by atoms with E-state index in [0.29, 0.717) is 12.8 Å². The first-order valence-electron chi connectivity index (χ1n) is 22.6. The van der Waals surface area contributed by atoms with Crippen molar-refractivity contribution in [2.75, 3.05) is 26.4 Å². The lowest BCUT2D eigenvalue weighted by Gasteiger charge is -2.20. The molecule has 0 aromatic carbocycles. The number of esters is 2. The topological polar surface area (TPSA) is 149 Å². The Bertz CT molecular complexity index is 930. The summed E-state index contributed by atoms with van der Waals surface area (Å²) in [7, 11) is -4.61. The zero-order valence-electron chi connectivity index (χ0n) is 35.4. The Morgan fingerprint density at radius 2 is 0.891 bits per heavy atom. The summed E-state index contributed by atoms with van der Waals surface area (Å²) in [5.41, 5.74) is 0. The second-order valence-corrected chi connectivity index (χ2v) is 16.9. The minimum absolute atomic E-state index is 0.189. The molecule has 326 valence electrons. The van der Waals surface area contributed by atoms with Crippen LogP contribution in [0.25, 0.3) is 0 Å². The van der Waals surface area contributed by atoms with E-state index in [4.69, 9.17) is 23.6 Å². The van der Waals surface area contributed by atoms with Gasteiger partial charge in [0.1, 0.15) is 12.7 Å². The van der Waals surface area contributed by atoms with Crippen molar-refractivity contribution < 1.29 is 47.8 Å². The van der Waals surface area contributed by atoms with Crippen molar-refractivity contribution in [2.24, 2.45) is 0 Å². The first kappa shape index (κ1) is 53.7. The van der Waals surface area contributed by atoms with Crippen LogP contribution < -0.4 is 0 Å². The molecule has 0 aliphatic carbocycles. The predicted molar refractivity (Wildman–Crippen MR) is 224 cm³/mol. The van der Waals surface area contributed by atoms with Crippen molar-refractivity contribution in [2.45, 2.75) is 232 Å². The highest BCUT2D eigenvalue weighted by Gasteiger charge is 2.27. The molecule has 0 aliphatic rings. The Morgan fingerprint density at radius 3 is 1.35 bits per heavy atom. The Balaban J connectivity index is 4.19. The normalized spacial score (nSPS) is 13.9. The van der Waals surface area contributed by atoms with Crippen LogP contribution in [-0.4, -0.2) is 65.7 Å². The second-order valence-electron chi connectivity index (χ2n) is 15.4. The summed E-state index contributed by atoms with van der Waals surface area (Å²) in [5, 5.41) is 18.3. The second kappa shape index (κ2) is 40.9. The number of hydrogen-bond acceptors (Lipinski definition) is 9. The van der Waals surface area contributed by atoms with E-state index in [-0.39, 0.29) is 19.4 Å². The maximum absolute atomic E-state index is 12.6. The Labute approximate surface area is 336 Å². The molecular weight excluding hydrogens is 719 g/mol. The van der Waals surface area contributed by atoms with Gasteiger partial charge in [-0.15, -0.1) is 0 Å². The van der Waals surface area contributed by atoms with Crippen molar-refractivity contribution in [3.05, 3.63) is 12.2 Å². The van der Waals surface area contributed by atoms with Gasteiger partial charge >= 0.3 is 19.8 Å². The molecule has 0 aromatic heterocycles. The maximum atomic E-state index is 12.6. The van der Waals surface area contributed by atoms with Crippen LogP contribution in [0.3, 0.4) is 0 Å². The van der Waals surface area contributed by atoms with Gasteiger partial charge in [0, 0.05) is 12.8 Å². The minimum Gasteiger partial charge on any atom is -0.462 e. The van der Waals surface area contributed by atoms with Gasteiger partial charge in [0.25, 0.3) is 0 Å². The van der Waals surface area contributed by atoms with Crippen LogP contribution in [-0.2, 0) is 32.7 Å². The molecule has 0 spiro atoms. The Hall–Kier alpha value is -1.29. The third-order valence-corrected chi connectivity index (χ3v) is 10.9. The smallest absolute Gasteiger partial charge is 0.462 e. The van der Waals surface area contributed by atoms with Gasteiger partial charge < -0.3 is 24.6 Å². The average Bonchev–Trinajstić information content (AvgIpc) is 3.17. The first-order valence-corrected chi connectivity index (χ1v) is 24.1. The number of ether oxygens (including phenoxy) is 2. The fourth-order valence-electron chi connectivity index (χ4n) is 6.40. The number of unbranched alkanes of at least 4 members (excludes halogenated alkanes) is 27. The van der Waals surface area contributed by atoms with Gasteiger partial charge in [-0.1, -0.05) is 180 Å². The van der Waals surface area contributed by atoms with Gasteiger partial charge in [0.15, 0.2) is 6.10 Å². The summed E-state index contributed by atoms with van der Waals surface area (Å²) in [6.07, 6.45) is 39.0. The highest BCUT2D eigenvalue weighted by atomic mass is 31.2. The molecular formula is C44H85O10P. The molecule has 1 unspecified atom stereocenters. The van der Waals surface area contributed by atoms with Gasteiger partial charge in [0.05, 0.1) is 19.8 Å². The number of phosphoric acid groups is 1. The molecule has 55 heavy (non-hydrogen) atoms. The van der Waals surface area contributed by atoms with E-state index in [1.807, 2.05) is 0 Å². The average molecular weight is 805 g/mol. The lowest BCUT2D eigenvalue weighted by molar-refractivity contribution is -0.161. The maximum Gasteiger partial charge on any atom is 0.472 e. The van der Waals surface area contributed by atoms with Gasteiger partial charge in [-0.05, 0) is 38.5 Å². The number of aliphatic hydroxyl groups is 2. The van der Waals surface area contributed by atoms with Crippen LogP contribution in [0.15, 0.2) is 12.2 Å². The standard InChI is InChI=1S/C44H85O10P/c1-3-5-7-9-11-13-15-17-18-19-20-21-22-23-24-26-28-30-32-34-36-44(48)54-42(40-53-55(49,50)52-38-41(46)37-45)39-51-43(47)35-33-31-29-27-25-16-14-12-10-8-6-4-2/h12,14,41-42,45-46H,3-11,13,15-40H2,1-2H3,(H,49,50)/b14-12+/t41-,42+/m0/s1. The zero-order chi connectivity index (χ0) is 40.5. The van der Waals surface area contributed by atoms with Crippen molar-refractivity contribution in [3.8, 4) is 0 Å². The molecule has 11 heteroatoms. The van der Waals surface area contributed by atoms with Gasteiger partial charge in [-0.3, -0.25) is 18.6 Å². The largest absolute Gasteiger partial charge is 0.472 e. The van der Waals surface area contributed by atoms with E-state index < -0.39 is 51.8 Å². The van der Waals surface area contributed by atoms with E-state index >= 15 is 0 Å². The number of hydrogen-bond donors (Lipinski definition) is 3. The molecule has 0 radical (unpaired) electrons. The summed E-state index contributed by atoms with van der Waals surface area (Å²) in [6, 6.07) is 0. The van der Waals surface area contributed by atoms with E-state index in [9.17, 15) is 24.2 Å². The summed E-state index contributed by atoms with van der Waals surface area (Å²) < 4.78 is 32.7. The molecule has 3 N–H and O–H groups in total. The molecule has 0 bridgehead atoms. The van der Waals surface area contributed by atoms with E-state index in [2.05, 4.69) is 26.0 Å². The van der Waals surface area contributed by atoms with Gasteiger partial charge in [0.2, 0.25) is 0 Å². The molecule has 0 saturated heterocycles. The van der Waals surface area contributed by atoms with Crippen LogP contribution in [0.1, 0.15) is 219 Å².